The van der Waals surface area contributed by atoms with E-state index in [4.69, 9.17) is 21.1 Å². The number of nitrogens with zero attached hydrogens (tertiary/aromatic N) is 1. The maximum absolute atomic E-state index is 12.7. The number of aliphatic carboxylic acids is 1. The van der Waals surface area contributed by atoms with Gasteiger partial charge in [0, 0.05) is 25.2 Å². The first-order chi connectivity index (χ1) is 10.9. The first kappa shape index (κ1) is 17.6. The van der Waals surface area contributed by atoms with E-state index < -0.39 is 11.4 Å². The van der Waals surface area contributed by atoms with Crippen LogP contribution in [-0.4, -0.2) is 55.3 Å². The zero-order valence-corrected chi connectivity index (χ0v) is 13.9. The van der Waals surface area contributed by atoms with Gasteiger partial charge in [0.2, 0.25) is 0 Å². The smallest absolute Gasteiger partial charge is 0.311 e. The number of rotatable bonds is 6. The molecule has 1 N–H and O–H groups in total. The van der Waals surface area contributed by atoms with Crippen molar-refractivity contribution in [3.8, 4) is 5.75 Å². The van der Waals surface area contributed by atoms with Crippen LogP contribution >= 0.6 is 11.6 Å². The van der Waals surface area contributed by atoms with E-state index in [0.717, 1.165) is 0 Å². The molecule has 1 unspecified atom stereocenters. The fourth-order valence-electron chi connectivity index (χ4n) is 2.51. The largest absolute Gasteiger partial charge is 0.490 e. The van der Waals surface area contributed by atoms with Crippen molar-refractivity contribution in [2.75, 3.05) is 33.4 Å². The maximum Gasteiger partial charge on any atom is 0.311 e. The summed E-state index contributed by atoms with van der Waals surface area (Å²) in [6.45, 7) is 2.93. The molecule has 2 rings (SSSR count). The molecule has 1 aromatic carbocycles. The van der Waals surface area contributed by atoms with Crippen molar-refractivity contribution in [1.82, 2.24) is 4.90 Å². The standard InChI is InChI=1S/C16H20ClNO5/c1-16(15(20)21)5-6-18(10-16)14(19)12-9-11(17)3-4-13(12)23-8-7-22-2/h3-4,9H,5-8,10H2,1-2H3,(H,20,21). The fraction of sp³-hybridized carbons (Fsp3) is 0.500. The van der Waals surface area contributed by atoms with Crippen LogP contribution in [0.25, 0.3) is 0 Å². The van der Waals surface area contributed by atoms with E-state index in [1.54, 1.807) is 32.2 Å². The van der Waals surface area contributed by atoms with Gasteiger partial charge in [-0.1, -0.05) is 11.6 Å². The van der Waals surface area contributed by atoms with Gasteiger partial charge in [-0.2, -0.15) is 0 Å². The average Bonchev–Trinajstić information content (AvgIpc) is 2.92. The summed E-state index contributed by atoms with van der Waals surface area (Å²) in [7, 11) is 1.56. The summed E-state index contributed by atoms with van der Waals surface area (Å²) in [5, 5.41) is 9.71. The number of ether oxygens (including phenoxy) is 2. The topological polar surface area (TPSA) is 76.1 Å². The summed E-state index contributed by atoms with van der Waals surface area (Å²) in [4.78, 5) is 25.6. The molecule has 0 aliphatic carbocycles. The van der Waals surface area contributed by atoms with Gasteiger partial charge in [0.15, 0.2) is 0 Å². The quantitative estimate of drug-likeness (QED) is 0.803. The lowest BCUT2D eigenvalue weighted by Crippen LogP contribution is -2.35. The molecule has 0 aromatic heterocycles. The molecule has 0 radical (unpaired) electrons. The van der Waals surface area contributed by atoms with E-state index in [2.05, 4.69) is 0 Å². The van der Waals surface area contributed by atoms with Gasteiger partial charge >= 0.3 is 5.97 Å². The van der Waals surface area contributed by atoms with Crippen molar-refractivity contribution in [2.24, 2.45) is 5.41 Å². The predicted molar refractivity (Wildman–Crippen MR) is 85.1 cm³/mol. The van der Waals surface area contributed by atoms with Crippen LogP contribution in [-0.2, 0) is 9.53 Å². The lowest BCUT2D eigenvalue weighted by molar-refractivity contribution is -0.147. The number of carboxylic acid groups (broad SMARTS) is 1. The first-order valence-electron chi connectivity index (χ1n) is 7.31. The molecule has 0 bridgehead atoms. The Balaban J connectivity index is 2.18. The summed E-state index contributed by atoms with van der Waals surface area (Å²) >= 11 is 5.99. The van der Waals surface area contributed by atoms with Crippen LogP contribution < -0.4 is 4.74 Å². The van der Waals surface area contributed by atoms with Crippen LogP contribution in [0.5, 0.6) is 5.75 Å². The minimum absolute atomic E-state index is 0.172. The molecule has 1 aliphatic rings. The third kappa shape index (κ3) is 3.95. The van der Waals surface area contributed by atoms with Crippen molar-refractivity contribution < 1.29 is 24.2 Å². The molecule has 7 heteroatoms. The predicted octanol–water partition coefficient (Wildman–Crippen LogP) is 2.30. The van der Waals surface area contributed by atoms with Crippen molar-refractivity contribution in [1.29, 1.82) is 0 Å². The van der Waals surface area contributed by atoms with Gasteiger partial charge in [0.1, 0.15) is 12.4 Å². The van der Waals surface area contributed by atoms with Crippen molar-refractivity contribution >= 4 is 23.5 Å². The zero-order chi connectivity index (χ0) is 17.0. The molecule has 0 saturated carbocycles. The Morgan fingerprint density at radius 3 is 2.74 bits per heavy atom. The molecule has 0 spiro atoms. The monoisotopic (exact) mass is 341 g/mol. The van der Waals surface area contributed by atoms with Gasteiger partial charge in [-0.05, 0) is 31.5 Å². The number of amides is 1. The number of methoxy groups -OCH3 is 1. The zero-order valence-electron chi connectivity index (χ0n) is 13.2. The van der Waals surface area contributed by atoms with Crippen molar-refractivity contribution in [2.45, 2.75) is 13.3 Å². The lowest BCUT2D eigenvalue weighted by Gasteiger charge is -2.21. The summed E-state index contributed by atoms with van der Waals surface area (Å²) in [6, 6.07) is 4.83. The molecule has 1 aliphatic heterocycles. The first-order valence-corrected chi connectivity index (χ1v) is 7.69. The highest BCUT2D eigenvalue weighted by Crippen LogP contribution is 2.33. The number of hydrogen-bond acceptors (Lipinski definition) is 4. The van der Waals surface area contributed by atoms with Gasteiger partial charge in [-0.3, -0.25) is 9.59 Å². The van der Waals surface area contributed by atoms with E-state index >= 15 is 0 Å². The second-order valence-electron chi connectivity index (χ2n) is 5.82. The summed E-state index contributed by atoms with van der Waals surface area (Å²) < 4.78 is 10.5. The van der Waals surface area contributed by atoms with E-state index in [-0.39, 0.29) is 12.5 Å². The van der Waals surface area contributed by atoms with Crippen LogP contribution in [0.1, 0.15) is 23.7 Å². The molecular weight excluding hydrogens is 322 g/mol. The number of likely N-dealkylation sites (tertiary alicyclic amines) is 1. The molecule has 1 aromatic rings. The number of benzene rings is 1. The van der Waals surface area contributed by atoms with Gasteiger partial charge in [-0.15, -0.1) is 0 Å². The molecule has 1 heterocycles. The normalized spacial score (nSPS) is 20.6. The third-order valence-electron chi connectivity index (χ3n) is 3.99. The van der Waals surface area contributed by atoms with Crippen LogP contribution in [0.2, 0.25) is 5.02 Å². The summed E-state index contributed by atoms with van der Waals surface area (Å²) in [6.07, 6.45) is 0.425. The fourth-order valence-corrected chi connectivity index (χ4v) is 2.68. The molecular formula is C16H20ClNO5. The Hall–Kier alpha value is -1.79. The van der Waals surface area contributed by atoms with Crippen molar-refractivity contribution in [3.05, 3.63) is 28.8 Å². The molecule has 126 valence electrons. The van der Waals surface area contributed by atoms with Gasteiger partial charge in [0.05, 0.1) is 17.6 Å². The Bertz CT molecular complexity index is 606. The van der Waals surface area contributed by atoms with E-state index in [1.807, 2.05) is 0 Å². The van der Waals surface area contributed by atoms with E-state index in [0.29, 0.717) is 42.5 Å². The second kappa shape index (κ2) is 7.19. The van der Waals surface area contributed by atoms with Gasteiger partial charge in [-0.25, -0.2) is 0 Å². The maximum atomic E-state index is 12.7. The van der Waals surface area contributed by atoms with Crippen LogP contribution in [0.15, 0.2) is 18.2 Å². The van der Waals surface area contributed by atoms with E-state index in [1.165, 1.54) is 4.90 Å². The highest BCUT2D eigenvalue weighted by molar-refractivity contribution is 6.31. The van der Waals surface area contributed by atoms with Crippen LogP contribution in [0.3, 0.4) is 0 Å². The SMILES string of the molecule is COCCOc1ccc(Cl)cc1C(=O)N1CCC(C)(C(=O)O)C1. The summed E-state index contributed by atoms with van der Waals surface area (Å²) in [5.74, 6) is -0.749. The lowest BCUT2D eigenvalue weighted by atomic mass is 9.90. The highest BCUT2D eigenvalue weighted by atomic mass is 35.5. The third-order valence-corrected chi connectivity index (χ3v) is 4.23. The Morgan fingerprint density at radius 2 is 2.13 bits per heavy atom. The minimum Gasteiger partial charge on any atom is -0.490 e. The number of carbonyl (C=O) groups excluding carboxylic acids is 1. The Kier molecular flexibility index (Phi) is 5.49. The molecule has 1 saturated heterocycles. The second-order valence-corrected chi connectivity index (χ2v) is 6.26. The van der Waals surface area contributed by atoms with Crippen molar-refractivity contribution in [3.63, 3.8) is 0 Å². The molecule has 23 heavy (non-hydrogen) atoms. The average molecular weight is 342 g/mol. The number of halogens is 1. The number of hydrogen-bond donors (Lipinski definition) is 1. The molecule has 1 fully saturated rings. The number of carboxylic acids is 1. The van der Waals surface area contributed by atoms with Gasteiger partial charge < -0.3 is 19.5 Å². The highest BCUT2D eigenvalue weighted by Gasteiger charge is 2.42. The Labute approximate surface area is 139 Å². The van der Waals surface area contributed by atoms with E-state index in [9.17, 15) is 14.7 Å². The number of carbonyl (C=O) groups is 2. The van der Waals surface area contributed by atoms with Crippen LogP contribution in [0, 0.1) is 5.41 Å². The molecule has 1 atom stereocenters. The van der Waals surface area contributed by atoms with Crippen LogP contribution in [0.4, 0.5) is 0 Å². The molecule has 1 amide bonds. The molecule has 6 nitrogen and oxygen atoms in total. The minimum atomic E-state index is -0.911. The summed E-state index contributed by atoms with van der Waals surface area (Å²) in [5.41, 5.74) is -0.575. The Morgan fingerprint density at radius 1 is 1.39 bits per heavy atom. The van der Waals surface area contributed by atoms with Gasteiger partial charge in [0.25, 0.3) is 5.91 Å².